The van der Waals surface area contributed by atoms with Crippen LogP contribution in [-0.2, 0) is 29.2 Å². The Labute approximate surface area is 165 Å². The minimum Gasteiger partial charge on any atom is -0.495 e. The van der Waals surface area contributed by atoms with Crippen molar-refractivity contribution in [2.75, 3.05) is 13.4 Å². The summed E-state index contributed by atoms with van der Waals surface area (Å²) in [5.41, 5.74) is 6.13. The average Bonchev–Trinajstić information content (AvgIpc) is 3.03. The van der Waals surface area contributed by atoms with E-state index in [0.717, 1.165) is 24.9 Å². The monoisotopic (exact) mass is 396 g/mol. The lowest BCUT2D eigenvalue weighted by atomic mass is 9.82. The molecule has 0 saturated carbocycles. The Kier molecular flexibility index (Phi) is 3.87. The maximum Gasteiger partial charge on any atom is 0.179 e. The molecule has 0 aliphatic carbocycles. The zero-order valence-corrected chi connectivity index (χ0v) is 17.1. The summed E-state index contributed by atoms with van der Waals surface area (Å²) in [5, 5.41) is 1.27. The van der Waals surface area contributed by atoms with Crippen molar-refractivity contribution in [3.8, 4) is 5.75 Å². The molecule has 0 radical (unpaired) electrons. The lowest BCUT2D eigenvalue weighted by Gasteiger charge is -2.45. The van der Waals surface area contributed by atoms with Gasteiger partial charge in [-0.3, -0.25) is 4.90 Å². The largest absolute Gasteiger partial charge is 0.495 e. The summed E-state index contributed by atoms with van der Waals surface area (Å²) in [6.07, 6.45) is 3.02. The Morgan fingerprint density at radius 1 is 1.18 bits per heavy atom. The second kappa shape index (κ2) is 6.09. The molecule has 5 nitrogen and oxygen atoms in total. The first-order chi connectivity index (χ1) is 13.4. The Bertz CT molecular complexity index is 1200. The minimum absolute atomic E-state index is 0.178. The highest BCUT2D eigenvalue weighted by Crippen LogP contribution is 2.44. The Morgan fingerprint density at radius 3 is 2.71 bits per heavy atom. The van der Waals surface area contributed by atoms with Crippen LogP contribution in [0.1, 0.15) is 35.3 Å². The number of hydrogen-bond donors (Lipinski definition) is 1. The Hall–Kier alpha value is -2.31. The van der Waals surface area contributed by atoms with Gasteiger partial charge in [-0.2, -0.15) is 0 Å². The van der Waals surface area contributed by atoms with Gasteiger partial charge in [-0.15, -0.1) is 0 Å². The molecule has 2 aromatic carbocycles. The summed E-state index contributed by atoms with van der Waals surface area (Å²) >= 11 is 0. The molecule has 1 N–H and O–H groups in total. The van der Waals surface area contributed by atoms with Crippen molar-refractivity contribution >= 4 is 20.7 Å². The fourth-order valence-corrected chi connectivity index (χ4v) is 5.82. The molecule has 0 spiro atoms. The van der Waals surface area contributed by atoms with Gasteiger partial charge in [-0.1, -0.05) is 18.2 Å². The lowest BCUT2D eigenvalue weighted by molar-refractivity contribution is 0.104. The first-order valence-corrected chi connectivity index (χ1v) is 11.5. The number of rotatable bonds is 2. The van der Waals surface area contributed by atoms with Crippen LogP contribution in [0.2, 0.25) is 0 Å². The van der Waals surface area contributed by atoms with Gasteiger partial charge in [0.1, 0.15) is 10.6 Å². The SMILES string of the molecule is COc1cc2c(cc1S(C)(=O)=O)C1Cc3c([nH]c4ccccc34)CN1[C@@H](C)C2. The second-order valence-corrected chi connectivity index (χ2v) is 10.0. The minimum atomic E-state index is -3.36. The molecule has 28 heavy (non-hydrogen) atoms. The first-order valence-electron chi connectivity index (χ1n) is 9.62. The predicted octanol–water partition coefficient (Wildman–Crippen LogP) is 3.62. The van der Waals surface area contributed by atoms with Crippen molar-refractivity contribution in [1.82, 2.24) is 9.88 Å². The van der Waals surface area contributed by atoms with Gasteiger partial charge >= 0.3 is 0 Å². The number of nitrogens with one attached hydrogen (secondary N) is 1. The number of ether oxygens (including phenoxy) is 1. The summed E-state index contributed by atoms with van der Waals surface area (Å²) in [6.45, 7) is 3.11. The van der Waals surface area contributed by atoms with Crippen LogP contribution in [0.4, 0.5) is 0 Å². The predicted molar refractivity (Wildman–Crippen MR) is 110 cm³/mol. The second-order valence-electron chi connectivity index (χ2n) is 8.05. The van der Waals surface area contributed by atoms with E-state index in [0.29, 0.717) is 11.8 Å². The van der Waals surface area contributed by atoms with E-state index in [1.165, 1.54) is 41.1 Å². The molecule has 3 heterocycles. The van der Waals surface area contributed by atoms with Crippen molar-refractivity contribution in [2.45, 2.75) is 43.3 Å². The fourth-order valence-electron chi connectivity index (χ4n) is 4.97. The van der Waals surface area contributed by atoms with Crippen molar-refractivity contribution < 1.29 is 13.2 Å². The number of para-hydroxylation sites is 1. The Morgan fingerprint density at radius 2 is 1.96 bits per heavy atom. The molecule has 2 aliphatic heterocycles. The summed E-state index contributed by atoms with van der Waals surface area (Å²) in [7, 11) is -1.83. The molecule has 0 bridgehead atoms. The van der Waals surface area contributed by atoms with E-state index in [1.54, 1.807) is 0 Å². The van der Waals surface area contributed by atoms with Crippen LogP contribution >= 0.6 is 0 Å². The molecule has 1 aromatic heterocycles. The zero-order valence-electron chi connectivity index (χ0n) is 16.3. The van der Waals surface area contributed by atoms with Crippen LogP contribution in [0.25, 0.3) is 10.9 Å². The third-order valence-electron chi connectivity index (χ3n) is 6.31. The number of nitrogens with zero attached hydrogens (tertiary/aromatic N) is 1. The molecular weight excluding hydrogens is 372 g/mol. The third-order valence-corrected chi connectivity index (χ3v) is 7.42. The van der Waals surface area contributed by atoms with Crippen molar-refractivity contribution in [2.24, 2.45) is 0 Å². The number of sulfone groups is 1. The molecule has 0 saturated heterocycles. The Balaban J connectivity index is 1.68. The summed E-state index contributed by atoms with van der Waals surface area (Å²) < 4.78 is 30.1. The van der Waals surface area contributed by atoms with E-state index >= 15 is 0 Å². The standard InChI is InChI=1S/C22H24N2O3S/c1-13-8-14-9-21(27-2)22(28(3,25)26)11-16(14)20-10-17-15-6-4-5-7-18(15)23-19(17)12-24(13)20/h4-7,9,11,13,20,23H,8,10,12H2,1-3H3/t13-,20?/m0/s1. The number of H-pyrrole nitrogens is 1. The number of fused-ring (bicyclic) bond motifs is 6. The van der Waals surface area contributed by atoms with E-state index in [-0.39, 0.29) is 10.9 Å². The first kappa shape index (κ1) is 17.8. The van der Waals surface area contributed by atoms with Gasteiger partial charge in [-0.05, 0) is 54.7 Å². The van der Waals surface area contributed by atoms with Crippen LogP contribution in [0.15, 0.2) is 41.3 Å². The quantitative estimate of drug-likeness (QED) is 0.719. The molecule has 0 fully saturated rings. The van der Waals surface area contributed by atoms with Crippen molar-refractivity contribution in [3.05, 3.63) is 58.8 Å². The van der Waals surface area contributed by atoms with E-state index in [1.807, 2.05) is 12.1 Å². The maximum absolute atomic E-state index is 12.4. The molecule has 1 unspecified atom stereocenters. The maximum atomic E-state index is 12.4. The van der Waals surface area contributed by atoms with Crippen LogP contribution < -0.4 is 4.74 Å². The lowest BCUT2D eigenvalue weighted by Crippen LogP contribution is -2.45. The van der Waals surface area contributed by atoms with Gasteiger partial charge in [0.2, 0.25) is 0 Å². The highest BCUT2D eigenvalue weighted by atomic mass is 32.2. The summed E-state index contributed by atoms with van der Waals surface area (Å²) in [4.78, 5) is 6.37. The normalized spacial score (nSPS) is 21.8. The van der Waals surface area contributed by atoms with Gasteiger partial charge in [0, 0.05) is 41.5 Å². The van der Waals surface area contributed by atoms with Crippen LogP contribution in [0.3, 0.4) is 0 Å². The van der Waals surface area contributed by atoms with Crippen molar-refractivity contribution in [1.29, 1.82) is 0 Å². The average molecular weight is 397 g/mol. The summed E-state index contributed by atoms with van der Waals surface area (Å²) in [5.74, 6) is 0.450. The number of benzene rings is 2. The molecular formula is C22H24N2O3S. The van der Waals surface area contributed by atoms with E-state index in [2.05, 4.69) is 41.1 Å². The molecule has 5 rings (SSSR count). The molecule has 3 aromatic rings. The number of hydrogen-bond acceptors (Lipinski definition) is 4. The van der Waals surface area contributed by atoms with Crippen LogP contribution in [0.5, 0.6) is 5.75 Å². The summed E-state index contributed by atoms with van der Waals surface area (Å²) in [6, 6.07) is 12.8. The number of aromatic amines is 1. The fraction of sp³-hybridized carbons (Fsp3) is 0.364. The molecule has 2 atom stereocenters. The van der Waals surface area contributed by atoms with E-state index < -0.39 is 9.84 Å². The number of aromatic nitrogens is 1. The van der Waals surface area contributed by atoms with E-state index in [9.17, 15) is 8.42 Å². The van der Waals surface area contributed by atoms with Gasteiger partial charge < -0.3 is 9.72 Å². The van der Waals surface area contributed by atoms with Gasteiger partial charge in [-0.25, -0.2) is 8.42 Å². The smallest absolute Gasteiger partial charge is 0.179 e. The zero-order chi connectivity index (χ0) is 19.6. The third kappa shape index (κ3) is 2.58. The molecule has 6 heteroatoms. The highest BCUT2D eigenvalue weighted by molar-refractivity contribution is 7.90. The molecule has 0 amide bonds. The van der Waals surface area contributed by atoms with Crippen LogP contribution in [0, 0.1) is 0 Å². The van der Waals surface area contributed by atoms with Gasteiger partial charge in [0.05, 0.1) is 7.11 Å². The van der Waals surface area contributed by atoms with Gasteiger partial charge in [0.15, 0.2) is 9.84 Å². The highest BCUT2D eigenvalue weighted by Gasteiger charge is 2.38. The number of methoxy groups -OCH3 is 1. The van der Waals surface area contributed by atoms with Crippen LogP contribution in [-0.4, -0.2) is 37.7 Å². The van der Waals surface area contributed by atoms with E-state index in [4.69, 9.17) is 4.74 Å². The van der Waals surface area contributed by atoms with Crippen molar-refractivity contribution in [3.63, 3.8) is 0 Å². The van der Waals surface area contributed by atoms with Gasteiger partial charge in [0.25, 0.3) is 0 Å². The molecule has 2 aliphatic rings. The molecule has 146 valence electrons. The topological polar surface area (TPSA) is 62.4 Å².